The zero-order valence-electron chi connectivity index (χ0n) is 13.7. The molecule has 2 aliphatic heterocycles. The van der Waals surface area contributed by atoms with E-state index in [1.54, 1.807) is 6.20 Å². The molecule has 24 heavy (non-hydrogen) atoms. The zero-order chi connectivity index (χ0) is 16.1. The third-order valence-electron chi connectivity index (χ3n) is 6.01. The number of rotatable bonds is 3. The first-order chi connectivity index (χ1) is 11.8. The summed E-state index contributed by atoms with van der Waals surface area (Å²) in [6, 6.07) is 3.68. The van der Waals surface area contributed by atoms with E-state index in [4.69, 9.17) is 0 Å². The highest BCUT2D eigenvalue weighted by Gasteiger charge is 2.39. The van der Waals surface area contributed by atoms with Crippen molar-refractivity contribution in [2.24, 2.45) is 0 Å². The third-order valence-corrected chi connectivity index (χ3v) is 6.01. The largest absolute Gasteiger partial charge is 0.348 e. The number of fused-ring (bicyclic) bond motifs is 3. The topological polar surface area (TPSA) is 71.8 Å². The Morgan fingerprint density at radius 1 is 1.21 bits per heavy atom. The summed E-state index contributed by atoms with van der Waals surface area (Å²) in [4.78, 5) is 21.6. The summed E-state index contributed by atoms with van der Waals surface area (Å²) in [6.07, 6.45) is 12.0. The molecule has 3 atom stereocenters. The van der Waals surface area contributed by atoms with Crippen molar-refractivity contribution in [3.8, 4) is 0 Å². The van der Waals surface area contributed by atoms with Gasteiger partial charge in [-0.3, -0.25) is 4.79 Å². The second-order valence-corrected chi connectivity index (χ2v) is 7.52. The highest BCUT2D eigenvalue weighted by Crippen LogP contribution is 2.31. The van der Waals surface area contributed by atoms with Gasteiger partial charge in [-0.05, 0) is 38.2 Å². The maximum Gasteiger partial charge on any atom is 0.253 e. The molecule has 6 nitrogen and oxygen atoms in total. The Morgan fingerprint density at radius 3 is 2.83 bits per heavy atom. The molecule has 1 amide bonds. The van der Waals surface area contributed by atoms with Crippen LogP contribution in [-0.2, 0) is 0 Å². The van der Waals surface area contributed by atoms with Crippen LogP contribution in [0.5, 0.6) is 0 Å². The maximum atomic E-state index is 12.6. The number of imidazole rings is 1. The maximum absolute atomic E-state index is 12.6. The first-order valence-corrected chi connectivity index (χ1v) is 9.17. The van der Waals surface area contributed by atoms with E-state index in [0.717, 1.165) is 17.6 Å². The Hall–Kier alpha value is -1.95. The van der Waals surface area contributed by atoms with Crippen molar-refractivity contribution < 1.29 is 4.79 Å². The average Bonchev–Trinajstić information content (AvgIpc) is 3.36. The summed E-state index contributed by atoms with van der Waals surface area (Å²) in [5, 5.41) is 6.73. The minimum atomic E-state index is -0.0285. The van der Waals surface area contributed by atoms with E-state index in [1.807, 2.05) is 12.4 Å². The smallest absolute Gasteiger partial charge is 0.253 e. The number of hydrogen-bond acceptors (Lipinski definition) is 4. The fourth-order valence-electron chi connectivity index (χ4n) is 4.73. The Bertz CT molecular complexity index is 779. The van der Waals surface area contributed by atoms with Crippen molar-refractivity contribution in [2.45, 2.75) is 69.1 Å². The Labute approximate surface area is 141 Å². The van der Waals surface area contributed by atoms with Crippen LogP contribution in [0.15, 0.2) is 18.6 Å². The molecule has 126 valence electrons. The molecular formula is C18H23N5O. The predicted octanol–water partition coefficient (Wildman–Crippen LogP) is 2.17. The average molecular weight is 325 g/mol. The predicted molar refractivity (Wildman–Crippen MR) is 90.8 cm³/mol. The molecule has 2 aromatic rings. The molecule has 0 spiro atoms. The molecule has 0 unspecified atom stereocenters. The van der Waals surface area contributed by atoms with Crippen molar-refractivity contribution >= 4 is 17.1 Å². The Balaban J connectivity index is 1.36. The highest BCUT2D eigenvalue weighted by atomic mass is 16.1. The standard InChI is InChI=1S/C18H23N5O/c24-18(22-15-8-12-5-6-14(15)21-12)11-7-16-17(19-9-11)23(10-20-16)13-3-1-2-4-13/h7,9-10,12-15,21H,1-6,8H2,(H,22,24)/t12-,14+,15+/m1/s1. The van der Waals surface area contributed by atoms with Gasteiger partial charge in [0.15, 0.2) is 5.65 Å². The molecule has 1 saturated carbocycles. The minimum absolute atomic E-state index is 0.0285. The third kappa shape index (κ3) is 2.32. The van der Waals surface area contributed by atoms with Crippen molar-refractivity contribution in [1.82, 2.24) is 25.2 Å². The lowest BCUT2D eigenvalue weighted by Gasteiger charge is -2.21. The normalized spacial score (nSPS) is 29.6. The second kappa shape index (κ2) is 5.55. The van der Waals surface area contributed by atoms with Gasteiger partial charge in [0, 0.05) is 30.4 Å². The molecule has 6 heteroatoms. The van der Waals surface area contributed by atoms with Gasteiger partial charge in [0.1, 0.15) is 5.52 Å². The van der Waals surface area contributed by atoms with Gasteiger partial charge in [0.25, 0.3) is 5.91 Å². The number of nitrogens with one attached hydrogen (secondary N) is 2. The van der Waals surface area contributed by atoms with Crippen LogP contribution >= 0.6 is 0 Å². The van der Waals surface area contributed by atoms with Crippen LogP contribution in [0.25, 0.3) is 11.2 Å². The lowest BCUT2D eigenvalue weighted by molar-refractivity contribution is 0.0931. The lowest BCUT2D eigenvalue weighted by atomic mass is 9.95. The number of hydrogen-bond donors (Lipinski definition) is 2. The quantitative estimate of drug-likeness (QED) is 0.907. The van der Waals surface area contributed by atoms with Crippen molar-refractivity contribution in [3.63, 3.8) is 0 Å². The van der Waals surface area contributed by atoms with Crippen LogP contribution in [0.1, 0.15) is 61.3 Å². The molecule has 4 heterocycles. The summed E-state index contributed by atoms with van der Waals surface area (Å²) in [5.74, 6) is -0.0285. The summed E-state index contributed by atoms with van der Waals surface area (Å²) < 4.78 is 2.18. The molecule has 2 saturated heterocycles. The van der Waals surface area contributed by atoms with Crippen LogP contribution < -0.4 is 10.6 Å². The number of pyridine rings is 1. The Morgan fingerprint density at radius 2 is 2.08 bits per heavy atom. The van der Waals surface area contributed by atoms with Gasteiger partial charge in [-0.25, -0.2) is 9.97 Å². The van der Waals surface area contributed by atoms with E-state index in [9.17, 15) is 4.79 Å². The first kappa shape index (κ1) is 14.4. The number of aromatic nitrogens is 3. The van der Waals surface area contributed by atoms with Gasteiger partial charge < -0.3 is 15.2 Å². The summed E-state index contributed by atoms with van der Waals surface area (Å²) >= 11 is 0. The van der Waals surface area contributed by atoms with Gasteiger partial charge >= 0.3 is 0 Å². The van der Waals surface area contributed by atoms with Crippen LogP contribution in [0.4, 0.5) is 0 Å². The highest BCUT2D eigenvalue weighted by molar-refractivity contribution is 5.96. The van der Waals surface area contributed by atoms with E-state index in [0.29, 0.717) is 23.7 Å². The van der Waals surface area contributed by atoms with Crippen LogP contribution in [-0.4, -0.2) is 38.6 Å². The lowest BCUT2D eigenvalue weighted by Crippen LogP contribution is -2.42. The molecule has 2 bridgehead atoms. The SMILES string of the molecule is O=C(N[C@H]1C[C@H]2CC[C@@H]1N2)c1cnc2c(c1)ncn2C1CCCC1. The fraction of sp³-hybridized carbons (Fsp3) is 0.611. The summed E-state index contributed by atoms with van der Waals surface area (Å²) in [6.45, 7) is 0. The van der Waals surface area contributed by atoms with E-state index >= 15 is 0 Å². The Kier molecular flexibility index (Phi) is 3.33. The molecule has 5 rings (SSSR count). The molecular weight excluding hydrogens is 302 g/mol. The summed E-state index contributed by atoms with van der Waals surface area (Å²) in [5.41, 5.74) is 2.34. The van der Waals surface area contributed by atoms with Crippen LogP contribution in [0.3, 0.4) is 0 Å². The van der Waals surface area contributed by atoms with Crippen molar-refractivity contribution in [2.75, 3.05) is 0 Å². The van der Waals surface area contributed by atoms with E-state index in [2.05, 4.69) is 25.2 Å². The van der Waals surface area contributed by atoms with E-state index in [1.165, 1.54) is 38.5 Å². The van der Waals surface area contributed by atoms with Crippen LogP contribution in [0, 0.1) is 0 Å². The number of amides is 1. The number of nitrogens with zero attached hydrogens (tertiary/aromatic N) is 3. The molecule has 0 aromatic carbocycles. The fourth-order valence-corrected chi connectivity index (χ4v) is 4.73. The van der Waals surface area contributed by atoms with Gasteiger partial charge in [-0.1, -0.05) is 12.8 Å². The molecule has 0 radical (unpaired) electrons. The van der Waals surface area contributed by atoms with Gasteiger partial charge in [0.05, 0.1) is 11.9 Å². The zero-order valence-corrected chi connectivity index (χ0v) is 13.7. The van der Waals surface area contributed by atoms with Gasteiger partial charge in [0.2, 0.25) is 0 Å². The monoisotopic (exact) mass is 325 g/mol. The first-order valence-electron chi connectivity index (χ1n) is 9.17. The second-order valence-electron chi connectivity index (χ2n) is 7.52. The summed E-state index contributed by atoms with van der Waals surface area (Å²) in [7, 11) is 0. The molecule has 2 aromatic heterocycles. The minimum Gasteiger partial charge on any atom is -0.348 e. The molecule has 3 fully saturated rings. The van der Waals surface area contributed by atoms with Gasteiger partial charge in [-0.2, -0.15) is 0 Å². The molecule has 1 aliphatic carbocycles. The molecule has 2 N–H and O–H groups in total. The number of carbonyl (C=O) groups is 1. The van der Waals surface area contributed by atoms with Crippen molar-refractivity contribution in [1.29, 1.82) is 0 Å². The van der Waals surface area contributed by atoms with Crippen molar-refractivity contribution in [3.05, 3.63) is 24.2 Å². The van der Waals surface area contributed by atoms with E-state index in [-0.39, 0.29) is 11.9 Å². The van der Waals surface area contributed by atoms with Crippen LogP contribution in [0.2, 0.25) is 0 Å². The molecule has 3 aliphatic rings. The van der Waals surface area contributed by atoms with E-state index < -0.39 is 0 Å². The van der Waals surface area contributed by atoms with Gasteiger partial charge in [-0.15, -0.1) is 0 Å². The number of carbonyl (C=O) groups excluding carboxylic acids is 1.